The van der Waals surface area contributed by atoms with Gasteiger partial charge in [0.2, 0.25) is 0 Å². The van der Waals surface area contributed by atoms with Crippen molar-refractivity contribution in [2.24, 2.45) is 0 Å². The second kappa shape index (κ2) is 8.10. The van der Waals surface area contributed by atoms with Gasteiger partial charge in [0.1, 0.15) is 9.88 Å². The van der Waals surface area contributed by atoms with Crippen LogP contribution in [0.1, 0.15) is 15.2 Å². The fraction of sp³-hybridized carbons (Fsp3) is 0.100. The molecule has 0 spiro atoms. The molecule has 0 radical (unpaired) electrons. The number of nitrogens with zero attached hydrogens (tertiary/aromatic N) is 2. The number of rotatable bonds is 6. The SMILES string of the molecule is C=CCN(Cc1ccccc1)C(=O)c1cnc(-c2ccccc2Cl)s1. The van der Waals surface area contributed by atoms with Gasteiger partial charge in [0.25, 0.3) is 5.91 Å². The van der Waals surface area contributed by atoms with Gasteiger partial charge in [0.15, 0.2) is 0 Å². The molecule has 5 heteroatoms. The minimum Gasteiger partial charge on any atom is -0.330 e. The third-order valence-corrected chi connectivity index (χ3v) is 5.02. The second-order valence-electron chi connectivity index (χ2n) is 5.47. The Morgan fingerprint density at radius 2 is 1.88 bits per heavy atom. The fourth-order valence-corrected chi connectivity index (χ4v) is 3.67. The molecule has 1 amide bonds. The van der Waals surface area contributed by atoms with Crippen LogP contribution in [0.15, 0.2) is 73.4 Å². The van der Waals surface area contributed by atoms with Gasteiger partial charge >= 0.3 is 0 Å². The molecule has 25 heavy (non-hydrogen) atoms. The van der Waals surface area contributed by atoms with Gasteiger partial charge in [-0.3, -0.25) is 4.79 Å². The largest absolute Gasteiger partial charge is 0.330 e. The van der Waals surface area contributed by atoms with Crippen LogP contribution in [0.2, 0.25) is 5.02 Å². The molecule has 0 aliphatic heterocycles. The monoisotopic (exact) mass is 368 g/mol. The van der Waals surface area contributed by atoms with Crippen LogP contribution in [0.5, 0.6) is 0 Å². The summed E-state index contributed by atoms with van der Waals surface area (Å²) in [4.78, 5) is 19.6. The highest BCUT2D eigenvalue weighted by atomic mass is 35.5. The number of halogens is 1. The first kappa shape index (κ1) is 17.4. The molecule has 0 bridgehead atoms. The highest BCUT2D eigenvalue weighted by molar-refractivity contribution is 7.17. The van der Waals surface area contributed by atoms with Gasteiger partial charge < -0.3 is 4.90 Å². The molecule has 1 heterocycles. The van der Waals surface area contributed by atoms with Crippen molar-refractivity contribution in [2.45, 2.75) is 6.54 Å². The van der Waals surface area contributed by atoms with Gasteiger partial charge in [-0.05, 0) is 11.6 Å². The fourth-order valence-electron chi connectivity index (χ4n) is 2.47. The van der Waals surface area contributed by atoms with E-state index in [2.05, 4.69) is 11.6 Å². The zero-order valence-corrected chi connectivity index (χ0v) is 15.1. The summed E-state index contributed by atoms with van der Waals surface area (Å²) in [6.45, 7) is 4.77. The molecule has 3 aromatic rings. The lowest BCUT2D eigenvalue weighted by molar-refractivity contribution is 0.0767. The molecule has 0 aliphatic rings. The van der Waals surface area contributed by atoms with E-state index in [1.807, 2.05) is 54.6 Å². The highest BCUT2D eigenvalue weighted by Crippen LogP contribution is 2.31. The molecule has 1 aromatic heterocycles. The third kappa shape index (κ3) is 4.16. The van der Waals surface area contributed by atoms with Crippen LogP contribution < -0.4 is 0 Å². The number of hydrogen-bond acceptors (Lipinski definition) is 3. The van der Waals surface area contributed by atoms with E-state index in [0.29, 0.717) is 23.0 Å². The summed E-state index contributed by atoms with van der Waals surface area (Å²) in [7, 11) is 0. The molecule has 0 atom stereocenters. The Bertz CT molecular complexity index is 876. The smallest absolute Gasteiger partial charge is 0.266 e. The molecule has 0 saturated carbocycles. The summed E-state index contributed by atoms with van der Waals surface area (Å²) in [6, 6.07) is 17.4. The summed E-state index contributed by atoms with van der Waals surface area (Å²) < 4.78 is 0. The first-order chi connectivity index (χ1) is 12.2. The Balaban J connectivity index is 1.83. The maximum absolute atomic E-state index is 12.9. The van der Waals surface area contributed by atoms with E-state index >= 15 is 0 Å². The van der Waals surface area contributed by atoms with Gasteiger partial charge in [-0.15, -0.1) is 17.9 Å². The molecule has 0 unspecified atom stereocenters. The minimum absolute atomic E-state index is 0.0560. The van der Waals surface area contributed by atoms with E-state index in [4.69, 9.17) is 11.6 Å². The lowest BCUT2D eigenvalue weighted by Crippen LogP contribution is -2.30. The Labute approximate surface area is 156 Å². The molecule has 0 aliphatic carbocycles. The average Bonchev–Trinajstić information content (AvgIpc) is 3.12. The van der Waals surface area contributed by atoms with E-state index in [1.165, 1.54) is 11.3 Å². The summed E-state index contributed by atoms with van der Waals surface area (Å²) in [6.07, 6.45) is 3.35. The number of amides is 1. The van der Waals surface area contributed by atoms with Crippen molar-refractivity contribution in [3.63, 3.8) is 0 Å². The number of hydrogen-bond donors (Lipinski definition) is 0. The van der Waals surface area contributed by atoms with Crippen LogP contribution in [0.4, 0.5) is 0 Å². The lowest BCUT2D eigenvalue weighted by Gasteiger charge is -2.20. The number of thiazole rings is 1. The van der Waals surface area contributed by atoms with E-state index in [0.717, 1.165) is 16.1 Å². The topological polar surface area (TPSA) is 33.2 Å². The van der Waals surface area contributed by atoms with Gasteiger partial charge in [0.05, 0.1) is 11.2 Å². The molecule has 3 rings (SSSR count). The predicted molar refractivity (Wildman–Crippen MR) is 104 cm³/mol. The summed E-state index contributed by atoms with van der Waals surface area (Å²) in [5, 5.41) is 1.37. The Kier molecular flexibility index (Phi) is 5.64. The predicted octanol–water partition coefficient (Wildman–Crippen LogP) is 5.29. The van der Waals surface area contributed by atoms with Crippen molar-refractivity contribution in [1.29, 1.82) is 0 Å². The molecular formula is C20H17ClN2OS. The second-order valence-corrected chi connectivity index (χ2v) is 6.91. The first-order valence-electron chi connectivity index (χ1n) is 7.84. The van der Waals surface area contributed by atoms with Crippen molar-refractivity contribution >= 4 is 28.8 Å². The molecule has 2 aromatic carbocycles. The summed E-state index contributed by atoms with van der Waals surface area (Å²) in [5.41, 5.74) is 1.92. The lowest BCUT2D eigenvalue weighted by atomic mass is 10.2. The third-order valence-electron chi connectivity index (χ3n) is 3.67. The molecule has 0 fully saturated rings. The maximum Gasteiger partial charge on any atom is 0.266 e. The van der Waals surface area contributed by atoms with E-state index < -0.39 is 0 Å². The Hall–Kier alpha value is -2.43. The van der Waals surface area contributed by atoms with Crippen LogP contribution >= 0.6 is 22.9 Å². The normalized spacial score (nSPS) is 10.4. The molecule has 0 saturated heterocycles. The number of carbonyl (C=O) groups is 1. The number of carbonyl (C=O) groups excluding carboxylic acids is 1. The summed E-state index contributed by atoms with van der Waals surface area (Å²) in [5.74, 6) is -0.0560. The van der Waals surface area contributed by atoms with Gasteiger partial charge in [-0.1, -0.05) is 66.2 Å². The van der Waals surface area contributed by atoms with Gasteiger partial charge in [-0.25, -0.2) is 4.98 Å². The Morgan fingerprint density at radius 3 is 2.60 bits per heavy atom. The van der Waals surface area contributed by atoms with E-state index in [9.17, 15) is 4.79 Å². The van der Waals surface area contributed by atoms with Crippen molar-refractivity contribution in [1.82, 2.24) is 9.88 Å². The van der Waals surface area contributed by atoms with Crippen molar-refractivity contribution in [3.05, 3.63) is 88.9 Å². The quantitative estimate of drug-likeness (QED) is 0.554. The number of aromatic nitrogens is 1. The van der Waals surface area contributed by atoms with Crippen molar-refractivity contribution in [2.75, 3.05) is 6.54 Å². The molecule has 0 N–H and O–H groups in total. The van der Waals surface area contributed by atoms with Crippen molar-refractivity contribution in [3.8, 4) is 10.6 Å². The van der Waals surface area contributed by atoms with Crippen LogP contribution in [0.3, 0.4) is 0 Å². The zero-order valence-electron chi connectivity index (χ0n) is 13.6. The first-order valence-corrected chi connectivity index (χ1v) is 9.03. The van der Waals surface area contributed by atoms with E-state index in [-0.39, 0.29) is 5.91 Å². The van der Waals surface area contributed by atoms with Crippen LogP contribution in [0, 0.1) is 0 Å². The van der Waals surface area contributed by atoms with Crippen molar-refractivity contribution < 1.29 is 4.79 Å². The van der Waals surface area contributed by atoms with Crippen LogP contribution in [-0.4, -0.2) is 22.3 Å². The molecule has 3 nitrogen and oxygen atoms in total. The highest BCUT2D eigenvalue weighted by Gasteiger charge is 2.19. The van der Waals surface area contributed by atoms with Gasteiger partial charge in [-0.2, -0.15) is 0 Å². The standard InChI is InChI=1S/C20H17ClN2OS/c1-2-12-23(14-15-8-4-3-5-9-15)20(24)18-13-22-19(25-18)16-10-6-7-11-17(16)21/h2-11,13H,1,12,14H2. The Morgan fingerprint density at radius 1 is 1.16 bits per heavy atom. The van der Waals surface area contributed by atoms with Gasteiger partial charge in [0, 0.05) is 18.7 Å². The van der Waals surface area contributed by atoms with Crippen LogP contribution in [0.25, 0.3) is 10.6 Å². The number of benzene rings is 2. The zero-order chi connectivity index (χ0) is 17.6. The minimum atomic E-state index is -0.0560. The molecular weight excluding hydrogens is 352 g/mol. The molecule has 126 valence electrons. The maximum atomic E-state index is 12.9. The average molecular weight is 369 g/mol. The summed E-state index contributed by atoms with van der Waals surface area (Å²) >= 11 is 7.58. The van der Waals surface area contributed by atoms with E-state index in [1.54, 1.807) is 17.2 Å². The van der Waals surface area contributed by atoms with Crippen LogP contribution in [-0.2, 0) is 6.54 Å².